The summed E-state index contributed by atoms with van der Waals surface area (Å²) in [5.41, 5.74) is 3.91. The van der Waals surface area contributed by atoms with Gasteiger partial charge < -0.3 is 20.4 Å². The van der Waals surface area contributed by atoms with Gasteiger partial charge in [0.05, 0.1) is 6.54 Å². The first kappa shape index (κ1) is 20.7. The second kappa shape index (κ2) is 11.2. The standard InChI is InChI=1S/C21H37N5/c1-5-22-21(24-17-20-9-8-18(2)16-19(20)3)23-10-6-12-26-13-7-11-25(4)14-15-26/h8-9,16H,5-7,10-15,17H2,1-4H3,(H2,22,23,24). The summed E-state index contributed by atoms with van der Waals surface area (Å²) in [6, 6.07) is 6.58. The van der Waals surface area contributed by atoms with Crippen LogP contribution in [0.4, 0.5) is 0 Å². The molecule has 1 aliphatic rings. The van der Waals surface area contributed by atoms with Gasteiger partial charge in [-0.25, -0.2) is 4.99 Å². The van der Waals surface area contributed by atoms with Crippen LogP contribution in [0.3, 0.4) is 0 Å². The average molecular weight is 360 g/mol. The summed E-state index contributed by atoms with van der Waals surface area (Å²) in [6.07, 6.45) is 2.43. The molecule has 0 aliphatic carbocycles. The predicted molar refractivity (Wildman–Crippen MR) is 112 cm³/mol. The Bertz CT molecular complexity index is 570. The van der Waals surface area contributed by atoms with Crippen molar-refractivity contribution in [1.29, 1.82) is 0 Å². The summed E-state index contributed by atoms with van der Waals surface area (Å²) >= 11 is 0. The Morgan fingerprint density at radius 1 is 1.12 bits per heavy atom. The molecule has 146 valence electrons. The Balaban J connectivity index is 1.76. The van der Waals surface area contributed by atoms with E-state index in [1.54, 1.807) is 0 Å². The van der Waals surface area contributed by atoms with Crippen molar-refractivity contribution in [1.82, 2.24) is 20.4 Å². The zero-order chi connectivity index (χ0) is 18.8. The van der Waals surface area contributed by atoms with Crippen LogP contribution in [0.15, 0.2) is 23.2 Å². The summed E-state index contributed by atoms with van der Waals surface area (Å²) in [4.78, 5) is 9.78. The van der Waals surface area contributed by atoms with Crippen molar-refractivity contribution in [2.45, 2.75) is 40.2 Å². The van der Waals surface area contributed by atoms with Crippen molar-refractivity contribution < 1.29 is 0 Å². The smallest absolute Gasteiger partial charge is 0.191 e. The van der Waals surface area contributed by atoms with Gasteiger partial charge in [-0.15, -0.1) is 0 Å². The highest BCUT2D eigenvalue weighted by molar-refractivity contribution is 5.79. The Kier molecular flexibility index (Phi) is 8.92. The van der Waals surface area contributed by atoms with Crippen LogP contribution in [0.25, 0.3) is 0 Å². The Labute approximate surface area is 159 Å². The minimum Gasteiger partial charge on any atom is -0.357 e. The lowest BCUT2D eigenvalue weighted by molar-refractivity contribution is 0.274. The highest BCUT2D eigenvalue weighted by Crippen LogP contribution is 2.11. The summed E-state index contributed by atoms with van der Waals surface area (Å²) < 4.78 is 0. The predicted octanol–water partition coefficient (Wildman–Crippen LogP) is 2.39. The lowest BCUT2D eigenvalue weighted by Crippen LogP contribution is -2.39. The molecule has 5 nitrogen and oxygen atoms in total. The average Bonchev–Trinajstić information content (AvgIpc) is 2.82. The van der Waals surface area contributed by atoms with Crippen LogP contribution < -0.4 is 10.6 Å². The third-order valence-corrected chi connectivity index (χ3v) is 5.01. The van der Waals surface area contributed by atoms with Gasteiger partial charge >= 0.3 is 0 Å². The molecule has 26 heavy (non-hydrogen) atoms. The zero-order valence-electron chi connectivity index (χ0n) is 17.1. The second-order valence-corrected chi connectivity index (χ2v) is 7.40. The molecule has 1 aliphatic heterocycles. The number of aryl methyl sites for hydroxylation is 2. The van der Waals surface area contributed by atoms with Gasteiger partial charge in [0.2, 0.25) is 0 Å². The monoisotopic (exact) mass is 359 g/mol. The molecule has 2 N–H and O–H groups in total. The van der Waals surface area contributed by atoms with Crippen molar-refractivity contribution >= 4 is 5.96 Å². The first-order valence-corrected chi connectivity index (χ1v) is 10.1. The number of likely N-dealkylation sites (N-methyl/N-ethyl adjacent to an activating group) is 1. The molecule has 0 amide bonds. The Morgan fingerprint density at radius 2 is 1.96 bits per heavy atom. The van der Waals surface area contributed by atoms with Crippen molar-refractivity contribution in [2.24, 2.45) is 4.99 Å². The molecule has 0 atom stereocenters. The third kappa shape index (κ3) is 7.34. The lowest BCUT2D eigenvalue weighted by Gasteiger charge is -2.20. The van der Waals surface area contributed by atoms with E-state index in [0.717, 1.165) is 38.6 Å². The SMILES string of the molecule is CCNC(=NCc1ccc(C)cc1C)NCCCN1CCCN(C)CC1. The maximum atomic E-state index is 4.76. The minimum atomic E-state index is 0.722. The van der Waals surface area contributed by atoms with Crippen LogP contribution in [0.2, 0.25) is 0 Å². The molecule has 0 radical (unpaired) electrons. The molecule has 5 heteroatoms. The molecular weight excluding hydrogens is 322 g/mol. The van der Waals surface area contributed by atoms with E-state index in [9.17, 15) is 0 Å². The van der Waals surface area contributed by atoms with Crippen LogP contribution in [-0.2, 0) is 6.54 Å². The van der Waals surface area contributed by atoms with Gasteiger partial charge in [0, 0.05) is 26.2 Å². The van der Waals surface area contributed by atoms with E-state index in [-0.39, 0.29) is 0 Å². The fourth-order valence-corrected chi connectivity index (χ4v) is 3.36. The molecule has 0 saturated carbocycles. The topological polar surface area (TPSA) is 42.9 Å². The van der Waals surface area contributed by atoms with E-state index in [1.807, 2.05) is 0 Å². The van der Waals surface area contributed by atoms with Crippen LogP contribution in [0.1, 0.15) is 36.5 Å². The lowest BCUT2D eigenvalue weighted by atomic mass is 10.1. The van der Waals surface area contributed by atoms with Crippen LogP contribution >= 0.6 is 0 Å². The third-order valence-electron chi connectivity index (χ3n) is 5.01. The molecule has 0 aromatic heterocycles. The fraction of sp³-hybridized carbons (Fsp3) is 0.667. The number of nitrogens with zero attached hydrogens (tertiary/aromatic N) is 3. The van der Waals surface area contributed by atoms with Crippen molar-refractivity contribution in [3.05, 3.63) is 34.9 Å². The summed E-state index contributed by atoms with van der Waals surface area (Å²) in [7, 11) is 2.22. The van der Waals surface area contributed by atoms with Crippen molar-refractivity contribution in [3.8, 4) is 0 Å². The van der Waals surface area contributed by atoms with Crippen molar-refractivity contribution in [2.75, 3.05) is 52.9 Å². The molecule has 1 fully saturated rings. The van der Waals surface area contributed by atoms with Gasteiger partial charge in [0.1, 0.15) is 0 Å². The number of hydrogen-bond donors (Lipinski definition) is 2. The summed E-state index contributed by atoms with van der Waals surface area (Å²) in [5.74, 6) is 0.920. The van der Waals surface area contributed by atoms with Gasteiger partial charge in [0.15, 0.2) is 5.96 Å². The minimum absolute atomic E-state index is 0.722. The maximum Gasteiger partial charge on any atom is 0.191 e. The van der Waals surface area contributed by atoms with E-state index < -0.39 is 0 Å². The van der Waals surface area contributed by atoms with Gasteiger partial charge in [-0.2, -0.15) is 0 Å². The molecule has 0 unspecified atom stereocenters. The second-order valence-electron chi connectivity index (χ2n) is 7.40. The quantitative estimate of drug-likeness (QED) is 0.446. The number of nitrogens with one attached hydrogen (secondary N) is 2. The van der Waals surface area contributed by atoms with Gasteiger partial charge in [-0.3, -0.25) is 0 Å². The highest BCUT2D eigenvalue weighted by atomic mass is 15.2. The number of guanidine groups is 1. The Morgan fingerprint density at radius 3 is 2.73 bits per heavy atom. The summed E-state index contributed by atoms with van der Waals surface area (Å²) in [6.45, 7) is 15.0. The number of benzene rings is 1. The molecule has 1 aromatic rings. The van der Waals surface area contributed by atoms with Gasteiger partial charge in [-0.05, 0) is 71.4 Å². The fourth-order valence-electron chi connectivity index (χ4n) is 3.36. The molecular formula is C21H37N5. The van der Waals surface area contributed by atoms with Crippen LogP contribution in [-0.4, -0.2) is 68.6 Å². The van der Waals surface area contributed by atoms with Crippen LogP contribution in [0.5, 0.6) is 0 Å². The molecule has 1 saturated heterocycles. The molecule has 1 heterocycles. The zero-order valence-corrected chi connectivity index (χ0v) is 17.1. The van der Waals surface area contributed by atoms with E-state index in [1.165, 1.54) is 49.3 Å². The highest BCUT2D eigenvalue weighted by Gasteiger charge is 2.11. The van der Waals surface area contributed by atoms with Crippen LogP contribution in [0, 0.1) is 13.8 Å². The van der Waals surface area contributed by atoms with Crippen molar-refractivity contribution in [3.63, 3.8) is 0 Å². The number of rotatable bonds is 7. The maximum absolute atomic E-state index is 4.76. The molecule has 1 aromatic carbocycles. The number of hydrogen-bond acceptors (Lipinski definition) is 3. The first-order chi connectivity index (χ1) is 12.6. The number of aliphatic imine (C=N–C) groups is 1. The summed E-state index contributed by atoms with van der Waals surface area (Å²) in [5, 5.41) is 6.84. The largest absolute Gasteiger partial charge is 0.357 e. The first-order valence-electron chi connectivity index (χ1n) is 10.1. The molecule has 0 bridgehead atoms. The normalized spacial score (nSPS) is 17.2. The van der Waals surface area contributed by atoms with E-state index in [2.05, 4.69) is 66.5 Å². The molecule has 2 rings (SSSR count). The van der Waals surface area contributed by atoms with E-state index >= 15 is 0 Å². The van der Waals surface area contributed by atoms with E-state index in [0.29, 0.717) is 0 Å². The van der Waals surface area contributed by atoms with Gasteiger partial charge in [-0.1, -0.05) is 23.8 Å². The Hall–Kier alpha value is -1.59. The molecule has 0 spiro atoms. The van der Waals surface area contributed by atoms with E-state index in [4.69, 9.17) is 4.99 Å². The van der Waals surface area contributed by atoms with Gasteiger partial charge in [0.25, 0.3) is 0 Å².